The molecule has 10 nitrogen and oxygen atoms in total. The Balaban J connectivity index is 2.20. The van der Waals surface area contributed by atoms with Gasteiger partial charge in [-0.1, -0.05) is 0 Å². The number of hydrogen-bond donors (Lipinski definition) is 1. The summed E-state index contributed by atoms with van der Waals surface area (Å²) in [7, 11) is -4.68. The number of fused-ring (bicyclic) bond motifs is 2. The standard InChI is InChI=1S/C7H10N4O6S/c8-6(12)5-2-1-4-3-10(5)7(13)11(4)17-18(15,16)9-14/h4-5H,1-3H2,(H2,8,12)/t4-,5+/m1/s1. The predicted molar refractivity (Wildman–Crippen MR) is 55.7 cm³/mol. The number of carbonyl (C=O) groups excluding carboxylic acids is 2. The summed E-state index contributed by atoms with van der Waals surface area (Å²) < 4.78 is 27.9. The molecule has 0 aromatic heterocycles. The van der Waals surface area contributed by atoms with E-state index in [1.165, 1.54) is 0 Å². The van der Waals surface area contributed by atoms with Crippen LogP contribution in [0.25, 0.3) is 0 Å². The van der Waals surface area contributed by atoms with Gasteiger partial charge < -0.3 is 10.6 Å². The molecule has 0 unspecified atom stereocenters. The van der Waals surface area contributed by atoms with Crippen LogP contribution in [0.4, 0.5) is 4.79 Å². The number of piperidine rings is 1. The lowest BCUT2D eigenvalue weighted by Gasteiger charge is -2.27. The van der Waals surface area contributed by atoms with E-state index < -0.39 is 34.3 Å². The fourth-order valence-electron chi connectivity index (χ4n) is 2.14. The van der Waals surface area contributed by atoms with Crippen LogP contribution >= 0.6 is 0 Å². The minimum Gasteiger partial charge on any atom is -0.368 e. The Hall–Kier alpha value is -1.75. The lowest BCUT2D eigenvalue weighted by molar-refractivity contribution is -0.122. The van der Waals surface area contributed by atoms with Gasteiger partial charge in [0.15, 0.2) is 0 Å². The minimum atomic E-state index is -4.68. The van der Waals surface area contributed by atoms with Crippen molar-refractivity contribution in [3.05, 3.63) is 4.91 Å². The van der Waals surface area contributed by atoms with Crippen molar-refractivity contribution in [1.82, 2.24) is 9.96 Å². The molecule has 100 valence electrons. The maximum absolute atomic E-state index is 11.8. The topological polar surface area (TPSA) is 139 Å². The molecule has 0 spiro atoms. The summed E-state index contributed by atoms with van der Waals surface area (Å²) in [6, 6.07) is -2.13. The van der Waals surface area contributed by atoms with E-state index in [4.69, 9.17) is 5.73 Å². The zero-order valence-electron chi connectivity index (χ0n) is 9.05. The molecule has 2 aliphatic heterocycles. The van der Waals surface area contributed by atoms with Gasteiger partial charge in [-0.2, -0.15) is 13.5 Å². The number of carbonyl (C=O) groups is 2. The second-order valence-corrected chi connectivity index (χ2v) is 5.14. The van der Waals surface area contributed by atoms with Gasteiger partial charge in [-0.3, -0.25) is 4.79 Å². The number of nitrogens with zero attached hydrogens (tertiary/aromatic N) is 3. The minimum absolute atomic E-state index is 0.126. The lowest BCUT2D eigenvalue weighted by Crippen LogP contribution is -2.47. The first kappa shape index (κ1) is 12.7. The third-order valence-corrected chi connectivity index (χ3v) is 3.45. The van der Waals surface area contributed by atoms with Gasteiger partial charge in [-0.05, 0) is 12.8 Å². The molecule has 2 atom stereocenters. The molecule has 0 aromatic rings. The third kappa shape index (κ3) is 2.01. The molecule has 2 bridgehead atoms. The highest BCUT2D eigenvalue weighted by molar-refractivity contribution is 7.85. The van der Waals surface area contributed by atoms with Crippen molar-refractivity contribution in [1.29, 1.82) is 0 Å². The number of nitroso groups, excluding NO2 is 1. The molecule has 2 saturated heterocycles. The number of hydroxylamine groups is 2. The summed E-state index contributed by atoms with van der Waals surface area (Å²) in [5.41, 5.74) is 5.13. The summed E-state index contributed by atoms with van der Waals surface area (Å²) in [5.74, 6) is -0.667. The number of primary amides is 1. The van der Waals surface area contributed by atoms with E-state index in [1.54, 1.807) is 4.58 Å². The van der Waals surface area contributed by atoms with Crippen molar-refractivity contribution >= 4 is 22.2 Å². The van der Waals surface area contributed by atoms with Crippen LogP contribution in [-0.2, 0) is 19.4 Å². The molecule has 3 amide bonds. The smallest absolute Gasteiger partial charge is 0.368 e. The summed E-state index contributed by atoms with van der Waals surface area (Å²) in [5, 5.41) is 0.555. The van der Waals surface area contributed by atoms with Gasteiger partial charge in [-0.25, -0.2) is 4.79 Å². The van der Waals surface area contributed by atoms with E-state index in [-0.39, 0.29) is 6.54 Å². The summed E-state index contributed by atoms with van der Waals surface area (Å²) in [6.07, 6.45) is 0.671. The van der Waals surface area contributed by atoms with Gasteiger partial charge in [0.2, 0.25) is 5.91 Å². The summed E-state index contributed by atoms with van der Waals surface area (Å²) in [4.78, 5) is 34.0. The Bertz CT molecular complexity index is 504. The van der Waals surface area contributed by atoms with Crippen molar-refractivity contribution in [2.24, 2.45) is 10.3 Å². The summed E-state index contributed by atoms with van der Waals surface area (Å²) >= 11 is 0. The normalized spacial score (nSPS) is 27.4. The van der Waals surface area contributed by atoms with Crippen LogP contribution in [-0.4, -0.2) is 48.9 Å². The molecule has 0 radical (unpaired) electrons. The molecular formula is C7H10N4O6S. The molecule has 11 heteroatoms. The van der Waals surface area contributed by atoms with Crippen LogP contribution in [0.15, 0.2) is 4.58 Å². The van der Waals surface area contributed by atoms with Crippen LogP contribution in [0.1, 0.15) is 12.8 Å². The highest BCUT2D eigenvalue weighted by Gasteiger charge is 2.49. The largest absolute Gasteiger partial charge is 0.436 e. The SMILES string of the molecule is NC(=O)[C@@H]1CC[C@@H]2CN1C(=O)N2OS(=O)(=O)N=O. The molecule has 0 saturated carbocycles. The van der Waals surface area contributed by atoms with Crippen LogP contribution in [0.2, 0.25) is 0 Å². The van der Waals surface area contributed by atoms with Crippen LogP contribution in [0.5, 0.6) is 0 Å². The highest BCUT2D eigenvalue weighted by Crippen LogP contribution is 2.30. The Kier molecular flexibility index (Phi) is 2.94. The number of rotatable bonds is 4. The second kappa shape index (κ2) is 4.17. The Morgan fingerprint density at radius 1 is 1.44 bits per heavy atom. The van der Waals surface area contributed by atoms with E-state index in [0.717, 1.165) is 4.90 Å². The van der Waals surface area contributed by atoms with Crippen molar-refractivity contribution in [3.8, 4) is 0 Å². The second-order valence-electron chi connectivity index (χ2n) is 3.99. The van der Waals surface area contributed by atoms with E-state index in [1.807, 2.05) is 0 Å². The van der Waals surface area contributed by atoms with Gasteiger partial charge in [0.25, 0.3) is 0 Å². The third-order valence-electron chi connectivity index (χ3n) is 2.92. The fraction of sp³-hybridized carbons (Fsp3) is 0.714. The summed E-state index contributed by atoms with van der Waals surface area (Å²) in [6.45, 7) is 0.126. The predicted octanol–water partition coefficient (Wildman–Crippen LogP) is -1.32. The molecule has 0 aromatic carbocycles. The van der Waals surface area contributed by atoms with Gasteiger partial charge in [0.1, 0.15) is 6.04 Å². The maximum atomic E-state index is 11.8. The van der Waals surface area contributed by atoms with Crippen molar-refractivity contribution < 1.29 is 22.3 Å². The molecule has 18 heavy (non-hydrogen) atoms. The van der Waals surface area contributed by atoms with Gasteiger partial charge in [-0.15, -0.1) is 9.19 Å². The van der Waals surface area contributed by atoms with Gasteiger partial charge in [0, 0.05) is 6.54 Å². The number of nitrogens with two attached hydrogens (primary N) is 1. The molecule has 2 fully saturated rings. The molecule has 2 heterocycles. The van der Waals surface area contributed by atoms with Crippen molar-refractivity contribution in [3.63, 3.8) is 0 Å². The number of urea groups is 1. The average Bonchev–Trinajstić information content (AvgIpc) is 2.54. The molecule has 2 N–H and O–H groups in total. The average molecular weight is 278 g/mol. The van der Waals surface area contributed by atoms with Crippen LogP contribution < -0.4 is 5.73 Å². The number of amides is 3. The molecule has 2 aliphatic rings. The Morgan fingerprint density at radius 2 is 2.11 bits per heavy atom. The highest BCUT2D eigenvalue weighted by atomic mass is 32.2. The lowest BCUT2D eigenvalue weighted by atomic mass is 10.0. The van der Waals surface area contributed by atoms with Gasteiger partial charge >= 0.3 is 16.3 Å². The Labute approximate surface area is 102 Å². The quantitative estimate of drug-likeness (QED) is 0.633. The molecular weight excluding hydrogens is 268 g/mol. The zero-order chi connectivity index (χ0) is 13.5. The molecule has 0 aliphatic carbocycles. The van der Waals surface area contributed by atoms with E-state index in [0.29, 0.717) is 17.9 Å². The number of hydrogen-bond acceptors (Lipinski definition) is 6. The fourth-order valence-corrected chi connectivity index (χ4v) is 2.56. The van der Waals surface area contributed by atoms with Crippen molar-refractivity contribution in [2.75, 3.05) is 6.54 Å². The van der Waals surface area contributed by atoms with Crippen LogP contribution in [0.3, 0.4) is 0 Å². The van der Waals surface area contributed by atoms with E-state index in [2.05, 4.69) is 4.28 Å². The van der Waals surface area contributed by atoms with Crippen LogP contribution in [0, 0.1) is 4.91 Å². The first-order valence-electron chi connectivity index (χ1n) is 5.04. The monoisotopic (exact) mass is 278 g/mol. The maximum Gasteiger partial charge on any atom is 0.436 e. The van der Waals surface area contributed by atoms with E-state index in [9.17, 15) is 22.9 Å². The molecule has 2 rings (SSSR count). The van der Waals surface area contributed by atoms with E-state index >= 15 is 0 Å². The first-order valence-corrected chi connectivity index (χ1v) is 6.40. The van der Waals surface area contributed by atoms with Crippen molar-refractivity contribution in [2.45, 2.75) is 24.9 Å². The Morgan fingerprint density at radius 3 is 2.67 bits per heavy atom. The first-order chi connectivity index (χ1) is 8.35. The van der Waals surface area contributed by atoms with Gasteiger partial charge in [0.05, 0.1) is 10.6 Å². The zero-order valence-corrected chi connectivity index (χ0v) is 9.87.